The van der Waals surface area contributed by atoms with Crippen molar-refractivity contribution in [2.24, 2.45) is 5.11 Å². The quantitative estimate of drug-likeness (QED) is 0.0125. The molecular formula is C102H132F5I3N8. The van der Waals surface area contributed by atoms with E-state index in [2.05, 4.69) is 256 Å². The molecule has 16 heteroatoms. The summed E-state index contributed by atoms with van der Waals surface area (Å²) in [5, 5.41) is 3.68. The molecule has 0 spiro atoms. The van der Waals surface area contributed by atoms with Crippen molar-refractivity contribution < 1.29 is 22.0 Å². The zero-order chi connectivity index (χ0) is 84.4. The van der Waals surface area contributed by atoms with Crippen molar-refractivity contribution in [3.8, 4) is 0 Å². The molecule has 0 aliphatic carbocycles. The number of azide groups is 1. The first kappa shape index (κ1) is 102. The van der Waals surface area contributed by atoms with Gasteiger partial charge in [-0.2, -0.15) is 0 Å². The van der Waals surface area contributed by atoms with Crippen molar-refractivity contribution >= 4 is 73.5 Å². The first-order valence-electron chi connectivity index (χ1n) is 42.4. The van der Waals surface area contributed by atoms with E-state index in [9.17, 15) is 22.0 Å². The number of hydrogen-bond acceptors (Lipinski definition) is 6. The Bertz CT molecular complexity index is 4380. The van der Waals surface area contributed by atoms with Crippen LogP contribution in [-0.4, -0.2) is 103 Å². The molecule has 0 heterocycles. The molecule has 8 nitrogen and oxygen atoms in total. The molecular weight excluding hydrogens is 1810 g/mol. The molecule has 10 aromatic carbocycles. The highest BCUT2D eigenvalue weighted by Crippen LogP contribution is 2.25. The maximum absolute atomic E-state index is 13.0. The van der Waals surface area contributed by atoms with E-state index < -0.39 is 0 Å². The number of rotatable bonds is 43. The summed E-state index contributed by atoms with van der Waals surface area (Å²) in [4.78, 5) is 15.4. The lowest BCUT2D eigenvalue weighted by Crippen LogP contribution is -2.28. The molecule has 0 bridgehead atoms. The Morgan fingerprint density at radius 3 is 0.814 bits per heavy atom. The van der Waals surface area contributed by atoms with E-state index in [1.807, 2.05) is 72.8 Å². The van der Waals surface area contributed by atoms with Crippen LogP contribution < -0.4 is 0 Å². The van der Waals surface area contributed by atoms with Crippen LogP contribution >= 0.6 is 67.8 Å². The molecule has 10 aromatic rings. The van der Waals surface area contributed by atoms with E-state index >= 15 is 0 Å². The fraction of sp³-hybridized carbons (Fsp3) is 0.412. The smallest absolute Gasteiger partial charge is 0.123 e. The van der Waals surface area contributed by atoms with Crippen LogP contribution in [0.2, 0.25) is 0 Å². The zero-order valence-corrected chi connectivity index (χ0v) is 77.6. The fourth-order valence-corrected chi connectivity index (χ4v) is 15.8. The minimum Gasteiger partial charge on any atom is -0.303 e. The van der Waals surface area contributed by atoms with Gasteiger partial charge >= 0.3 is 0 Å². The Hall–Kier alpha value is -6.85. The van der Waals surface area contributed by atoms with E-state index in [-0.39, 0.29) is 36.5 Å². The van der Waals surface area contributed by atoms with Gasteiger partial charge in [-0.1, -0.05) is 204 Å². The molecule has 10 rings (SSSR count). The highest BCUT2D eigenvalue weighted by molar-refractivity contribution is 14.1. The lowest BCUT2D eigenvalue weighted by molar-refractivity contribution is 0.262. The molecule has 118 heavy (non-hydrogen) atoms. The van der Waals surface area contributed by atoms with Gasteiger partial charge in [-0.05, 0) is 421 Å². The highest BCUT2D eigenvalue weighted by Gasteiger charge is 2.13. The number of halogens is 8. The minimum absolute atomic E-state index is 0. The Morgan fingerprint density at radius 2 is 0.508 bits per heavy atom. The lowest BCUT2D eigenvalue weighted by Gasteiger charge is -2.22. The second kappa shape index (κ2) is 59.8. The third-order valence-electron chi connectivity index (χ3n) is 20.5. The summed E-state index contributed by atoms with van der Waals surface area (Å²) in [6, 6.07) is 71.4. The average molecular weight is 1950 g/mol. The van der Waals surface area contributed by atoms with Gasteiger partial charge in [-0.3, -0.25) is 14.7 Å². The maximum atomic E-state index is 13.0. The van der Waals surface area contributed by atoms with Gasteiger partial charge in [0.25, 0.3) is 0 Å². The van der Waals surface area contributed by atoms with Crippen molar-refractivity contribution in [2.75, 3.05) is 78.5 Å². The Labute approximate surface area is 748 Å². The normalized spacial score (nSPS) is 11.0. The third kappa shape index (κ3) is 43.1. The molecule has 0 saturated heterocycles. The van der Waals surface area contributed by atoms with Crippen LogP contribution in [0.5, 0.6) is 0 Å². The molecule has 0 atom stereocenters. The van der Waals surface area contributed by atoms with Crippen LogP contribution in [0.25, 0.3) is 10.4 Å². The van der Waals surface area contributed by atoms with Crippen LogP contribution in [0.1, 0.15) is 184 Å². The Morgan fingerprint density at radius 1 is 0.271 bits per heavy atom. The van der Waals surface area contributed by atoms with Crippen LogP contribution in [0, 0.1) is 67.5 Å². The summed E-state index contributed by atoms with van der Waals surface area (Å²) in [7, 11) is 0. The standard InChI is InChI=1S/C21H27FIN.C21H28FN.C20H25FIN.C20H26FN.C19H22FIN4.CH4/c1-3-13-24(14-4-5-18-8-10-20(22)11-9-18)15-12-19-7-6-17(2)21(23)16-19;1-3-15-23(17-14-20-8-6-18(2)7-9-20)16-4-5-19-10-12-21(22)13-11-19;1-3-12-23(15-18-7-6-16(2)20(22)14-18)13-4-5-17-8-10-19(21)11-9-17;1-3-14-22(16-19-8-6-17(2)7-9-19)15-4-5-18-10-12-20(21)13-11-18;1-2-11-25(12-3-4-15-5-8-17(20)9-6-15)14-16-7-10-19(23-24-22)18(21)13-16;/h6-11,16H,3-5,12-15H2,1-2H3;6-13H,3-5,14-17H2,1-2H3;6-11,14H,3-5,12-13,15H2,1-2H3;6-13H,3-5,14-16H2,1-2H3;5-10,13H,2-4,11-12,14H2,1H3;1H4. The monoisotopic (exact) mass is 1940 g/mol. The molecule has 0 saturated carbocycles. The second-order valence-electron chi connectivity index (χ2n) is 30.8. The van der Waals surface area contributed by atoms with Crippen LogP contribution in [0.3, 0.4) is 0 Å². The molecule has 0 aliphatic heterocycles. The van der Waals surface area contributed by atoms with E-state index in [4.69, 9.17) is 5.53 Å². The minimum atomic E-state index is -0.185. The Balaban J connectivity index is 0.000000262. The van der Waals surface area contributed by atoms with E-state index in [1.54, 1.807) is 48.5 Å². The summed E-state index contributed by atoms with van der Waals surface area (Å²) in [6.07, 6.45) is 18.5. The molecule has 0 unspecified atom stereocenters. The summed E-state index contributed by atoms with van der Waals surface area (Å²) >= 11 is 7.03. The number of aryl methyl sites for hydroxylation is 9. The summed E-state index contributed by atoms with van der Waals surface area (Å²) in [5.41, 5.74) is 27.4. The maximum Gasteiger partial charge on any atom is 0.123 e. The topological polar surface area (TPSA) is 65.0 Å². The predicted octanol–water partition coefficient (Wildman–Crippen LogP) is 28.1. The van der Waals surface area contributed by atoms with Crippen molar-refractivity contribution in [2.45, 2.75) is 199 Å². The van der Waals surface area contributed by atoms with Gasteiger partial charge in [0.05, 0.1) is 5.69 Å². The van der Waals surface area contributed by atoms with Gasteiger partial charge in [0.2, 0.25) is 0 Å². The first-order chi connectivity index (χ1) is 56.6. The van der Waals surface area contributed by atoms with Gasteiger partial charge in [-0.15, -0.1) is 0 Å². The SMILES string of the molecule is C.CCCN(CCCc1ccc(F)cc1)CCc1ccc(C)c(I)c1.CCCN(CCCc1ccc(F)cc1)CCc1ccc(C)cc1.CCCN(CCCc1ccc(F)cc1)Cc1ccc(C)c(I)c1.CCCN(CCCc1ccc(F)cc1)Cc1ccc(C)cc1.CCCN(CCCc1ccc(F)cc1)Cc1ccc(N=[N+]=[N-])c(I)c1. The van der Waals surface area contributed by atoms with Gasteiger partial charge < -0.3 is 9.80 Å². The van der Waals surface area contributed by atoms with Crippen molar-refractivity contribution in [1.29, 1.82) is 0 Å². The van der Waals surface area contributed by atoms with Gasteiger partial charge in [0.1, 0.15) is 29.1 Å². The van der Waals surface area contributed by atoms with E-state index in [1.165, 1.54) is 123 Å². The molecule has 636 valence electrons. The van der Waals surface area contributed by atoms with Crippen LogP contribution in [0.4, 0.5) is 27.6 Å². The van der Waals surface area contributed by atoms with E-state index in [0.29, 0.717) is 5.69 Å². The Kier molecular flexibility index (Phi) is 51.5. The predicted molar refractivity (Wildman–Crippen MR) is 516 cm³/mol. The van der Waals surface area contributed by atoms with E-state index in [0.717, 1.165) is 185 Å². The van der Waals surface area contributed by atoms with Crippen molar-refractivity contribution in [3.63, 3.8) is 0 Å². The molecule has 0 N–H and O–H groups in total. The van der Waals surface area contributed by atoms with Crippen LogP contribution in [0.15, 0.2) is 230 Å². The van der Waals surface area contributed by atoms with Crippen LogP contribution in [-0.2, 0) is 64.6 Å². The molecule has 0 aliphatic rings. The molecule has 0 radical (unpaired) electrons. The second-order valence-corrected chi connectivity index (χ2v) is 34.3. The summed E-state index contributed by atoms with van der Waals surface area (Å²) in [6.45, 7) is 35.7. The van der Waals surface area contributed by atoms with Gasteiger partial charge in [-0.25, -0.2) is 22.0 Å². The highest BCUT2D eigenvalue weighted by atomic mass is 127. The van der Waals surface area contributed by atoms with Crippen molar-refractivity contribution in [1.82, 2.24) is 24.5 Å². The number of benzene rings is 10. The zero-order valence-electron chi connectivity index (χ0n) is 71.1. The molecule has 0 fully saturated rings. The lowest BCUT2D eigenvalue weighted by atomic mass is 10.1. The molecule has 0 amide bonds. The summed E-state index contributed by atoms with van der Waals surface area (Å²) in [5.74, 6) is -0.806. The van der Waals surface area contributed by atoms with Gasteiger partial charge in [0, 0.05) is 48.3 Å². The third-order valence-corrected chi connectivity index (χ3v) is 23.7. The average Bonchev–Trinajstić information content (AvgIpc) is 0.883. The number of hydrogen-bond donors (Lipinski definition) is 0. The number of nitrogens with zero attached hydrogens (tertiary/aromatic N) is 8. The fourth-order valence-electron chi connectivity index (χ4n) is 14.0. The summed E-state index contributed by atoms with van der Waals surface area (Å²) < 4.78 is 68.3. The largest absolute Gasteiger partial charge is 0.303 e. The van der Waals surface area contributed by atoms with Gasteiger partial charge in [0.15, 0.2) is 0 Å². The van der Waals surface area contributed by atoms with Crippen molar-refractivity contribution in [3.05, 3.63) is 353 Å². The molecule has 0 aromatic heterocycles. The first-order valence-corrected chi connectivity index (χ1v) is 45.6.